The smallest absolute Gasteiger partial charge is 0.326 e. The molecule has 5 aromatic rings. The Kier molecular flexibility index (Phi) is 5.10. The topological polar surface area (TPSA) is 101 Å². The number of fused-ring (bicyclic) bond motifs is 2. The molecule has 0 aliphatic carbocycles. The Morgan fingerprint density at radius 1 is 1.03 bits per heavy atom. The summed E-state index contributed by atoms with van der Waals surface area (Å²) in [4.78, 5) is 43.7. The van der Waals surface area contributed by atoms with Crippen molar-refractivity contribution < 1.29 is 4.79 Å². The number of carbonyl (C=O) groups excluding carboxylic acids is 1. The molecule has 0 unspecified atom stereocenters. The van der Waals surface area contributed by atoms with E-state index in [9.17, 15) is 14.4 Å². The number of rotatable bonds is 5. The lowest BCUT2D eigenvalue weighted by Crippen LogP contribution is -2.31. The molecule has 8 nitrogen and oxygen atoms in total. The normalized spacial score (nSPS) is 11.2. The first kappa shape index (κ1) is 20.4. The number of nitrogens with zero attached hydrogens (tertiary/aromatic N) is 3. The highest BCUT2D eigenvalue weighted by molar-refractivity contribution is 5.91. The summed E-state index contributed by atoms with van der Waals surface area (Å²) >= 11 is 0. The molecular weight excluding hydrogens is 418 g/mol. The third kappa shape index (κ3) is 3.94. The van der Waals surface area contributed by atoms with Gasteiger partial charge < -0.3 is 9.72 Å². The molecule has 0 radical (unpaired) electrons. The zero-order chi connectivity index (χ0) is 22.9. The highest BCUT2D eigenvalue weighted by Crippen LogP contribution is 2.22. The van der Waals surface area contributed by atoms with E-state index in [2.05, 4.69) is 10.3 Å². The number of nitrogens with one attached hydrogen (secondary N) is 2. The van der Waals surface area contributed by atoms with E-state index in [0.717, 1.165) is 22.5 Å². The van der Waals surface area contributed by atoms with Crippen LogP contribution in [0.4, 0.5) is 5.69 Å². The van der Waals surface area contributed by atoms with E-state index in [1.165, 1.54) is 4.57 Å². The average molecular weight is 439 g/mol. The number of hydrogen-bond donors (Lipinski definition) is 2. The van der Waals surface area contributed by atoms with Gasteiger partial charge in [-0.3, -0.25) is 19.1 Å². The van der Waals surface area contributed by atoms with Crippen LogP contribution in [0, 0.1) is 6.92 Å². The van der Waals surface area contributed by atoms with Crippen LogP contribution in [0.3, 0.4) is 0 Å². The van der Waals surface area contributed by atoms with Crippen LogP contribution < -0.4 is 16.6 Å². The standard InChI is InChI=1S/C25H21N5O3/c1-16-5-4-13-29-15-20(27-23(16)29)17-8-10-18(11-9-17)26-22(31)12-14-30-21-7-3-2-6-19(21)24(32)28-25(30)33/h2-11,13,15H,12,14H2,1H3,(H,26,31)(H,28,32,33). The summed E-state index contributed by atoms with van der Waals surface area (Å²) in [6.45, 7) is 2.18. The number of benzene rings is 2. The summed E-state index contributed by atoms with van der Waals surface area (Å²) in [6.07, 6.45) is 4.02. The molecule has 0 saturated heterocycles. The minimum atomic E-state index is -0.529. The molecule has 8 heteroatoms. The molecule has 5 rings (SSSR count). The van der Waals surface area contributed by atoms with E-state index in [1.54, 1.807) is 24.3 Å². The van der Waals surface area contributed by atoms with E-state index in [-0.39, 0.29) is 18.9 Å². The van der Waals surface area contributed by atoms with Gasteiger partial charge in [0, 0.05) is 36.6 Å². The predicted molar refractivity (Wildman–Crippen MR) is 127 cm³/mol. The van der Waals surface area contributed by atoms with Crippen LogP contribution in [-0.4, -0.2) is 24.8 Å². The zero-order valence-corrected chi connectivity index (χ0v) is 17.9. The van der Waals surface area contributed by atoms with Crippen molar-refractivity contribution in [2.75, 3.05) is 5.32 Å². The number of aromatic amines is 1. The first-order chi connectivity index (χ1) is 16.0. The van der Waals surface area contributed by atoms with Crippen LogP contribution in [0.15, 0.2) is 82.6 Å². The van der Waals surface area contributed by atoms with Gasteiger partial charge in [0.15, 0.2) is 0 Å². The molecule has 0 fully saturated rings. The van der Waals surface area contributed by atoms with E-state index in [0.29, 0.717) is 16.6 Å². The van der Waals surface area contributed by atoms with E-state index in [1.807, 2.05) is 60.1 Å². The number of anilines is 1. The lowest BCUT2D eigenvalue weighted by atomic mass is 10.1. The minimum absolute atomic E-state index is 0.0867. The molecule has 33 heavy (non-hydrogen) atoms. The molecule has 3 heterocycles. The molecule has 0 bridgehead atoms. The summed E-state index contributed by atoms with van der Waals surface area (Å²) in [5.74, 6) is -0.228. The number of para-hydroxylation sites is 1. The van der Waals surface area contributed by atoms with Gasteiger partial charge in [0.25, 0.3) is 5.56 Å². The lowest BCUT2D eigenvalue weighted by Gasteiger charge is -2.10. The van der Waals surface area contributed by atoms with Crippen molar-refractivity contribution >= 4 is 28.1 Å². The first-order valence-electron chi connectivity index (χ1n) is 10.6. The Bertz CT molecular complexity index is 1610. The van der Waals surface area contributed by atoms with Gasteiger partial charge in [-0.05, 0) is 42.8 Å². The second-order valence-corrected chi connectivity index (χ2v) is 7.85. The number of hydrogen-bond acceptors (Lipinski definition) is 4. The van der Waals surface area contributed by atoms with Crippen molar-refractivity contribution in [1.82, 2.24) is 18.9 Å². The third-order valence-corrected chi connectivity index (χ3v) is 5.61. The third-order valence-electron chi connectivity index (χ3n) is 5.61. The maximum atomic E-state index is 12.5. The van der Waals surface area contributed by atoms with Crippen molar-refractivity contribution in [2.24, 2.45) is 0 Å². The van der Waals surface area contributed by atoms with E-state index in [4.69, 9.17) is 4.98 Å². The SMILES string of the molecule is Cc1cccn2cc(-c3ccc(NC(=O)CCn4c(=O)[nH]c(=O)c5ccccc54)cc3)nc12. The zero-order valence-electron chi connectivity index (χ0n) is 17.9. The van der Waals surface area contributed by atoms with Crippen LogP contribution in [0.2, 0.25) is 0 Å². The monoisotopic (exact) mass is 439 g/mol. The van der Waals surface area contributed by atoms with E-state index >= 15 is 0 Å². The fraction of sp³-hybridized carbons (Fsp3) is 0.120. The molecule has 0 atom stereocenters. The Labute approximate surface area is 188 Å². The molecule has 0 aliphatic heterocycles. The molecule has 0 saturated carbocycles. The van der Waals surface area contributed by atoms with Gasteiger partial charge >= 0.3 is 5.69 Å². The lowest BCUT2D eigenvalue weighted by molar-refractivity contribution is -0.116. The summed E-state index contributed by atoms with van der Waals surface area (Å²) in [5, 5.41) is 3.27. The molecular formula is C25H21N5O3. The van der Waals surface area contributed by atoms with Gasteiger partial charge in [-0.15, -0.1) is 0 Å². The Hall–Kier alpha value is -4.46. The number of H-pyrrole nitrogens is 1. The number of imidazole rings is 1. The average Bonchev–Trinajstić information content (AvgIpc) is 3.25. The number of aromatic nitrogens is 4. The largest absolute Gasteiger partial charge is 0.328 e. The van der Waals surface area contributed by atoms with Crippen molar-refractivity contribution in [2.45, 2.75) is 19.9 Å². The number of amides is 1. The Morgan fingerprint density at radius 3 is 2.61 bits per heavy atom. The van der Waals surface area contributed by atoms with Crippen molar-refractivity contribution in [3.8, 4) is 11.3 Å². The number of pyridine rings is 1. The molecule has 0 spiro atoms. The van der Waals surface area contributed by atoms with Gasteiger partial charge in [-0.25, -0.2) is 9.78 Å². The van der Waals surface area contributed by atoms with Gasteiger partial charge in [0.2, 0.25) is 5.91 Å². The predicted octanol–water partition coefficient (Wildman–Crippen LogP) is 3.34. The summed E-state index contributed by atoms with van der Waals surface area (Å²) in [5.41, 5.74) is 4.01. The molecule has 2 aromatic carbocycles. The Morgan fingerprint density at radius 2 is 1.82 bits per heavy atom. The van der Waals surface area contributed by atoms with Crippen LogP contribution in [0.5, 0.6) is 0 Å². The van der Waals surface area contributed by atoms with Crippen LogP contribution >= 0.6 is 0 Å². The van der Waals surface area contributed by atoms with Gasteiger partial charge in [-0.2, -0.15) is 0 Å². The van der Waals surface area contributed by atoms with Crippen molar-refractivity contribution in [3.63, 3.8) is 0 Å². The fourth-order valence-electron chi connectivity index (χ4n) is 3.92. The quantitative estimate of drug-likeness (QED) is 0.439. The van der Waals surface area contributed by atoms with Crippen molar-refractivity contribution in [1.29, 1.82) is 0 Å². The second kappa shape index (κ2) is 8.23. The summed E-state index contributed by atoms with van der Waals surface area (Å²) in [7, 11) is 0. The Balaban J connectivity index is 1.29. The van der Waals surface area contributed by atoms with Gasteiger partial charge in [0.1, 0.15) is 5.65 Å². The maximum absolute atomic E-state index is 12.5. The molecule has 2 N–H and O–H groups in total. The molecule has 0 aliphatic rings. The molecule has 164 valence electrons. The van der Waals surface area contributed by atoms with Crippen molar-refractivity contribution in [3.05, 3.63) is 99.5 Å². The van der Waals surface area contributed by atoms with Crippen LogP contribution in [0.1, 0.15) is 12.0 Å². The highest BCUT2D eigenvalue weighted by Gasteiger charge is 2.10. The highest BCUT2D eigenvalue weighted by atomic mass is 16.2. The first-order valence-corrected chi connectivity index (χ1v) is 10.6. The number of carbonyl (C=O) groups is 1. The van der Waals surface area contributed by atoms with Gasteiger partial charge in [0.05, 0.1) is 16.6 Å². The summed E-state index contributed by atoms with van der Waals surface area (Å²) in [6, 6.07) is 18.3. The van der Waals surface area contributed by atoms with Crippen LogP contribution in [-0.2, 0) is 11.3 Å². The second-order valence-electron chi connectivity index (χ2n) is 7.85. The number of aryl methyl sites for hydroxylation is 2. The van der Waals surface area contributed by atoms with Crippen LogP contribution in [0.25, 0.3) is 27.8 Å². The fourth-order valence-corrected chi connectivity index (χ4v) is 3.92. The summed E-state index contributed by atoms with van der Waals surface area (Å²) < 4.78 is 3.40. The van der Waals surface area contributed by atoms with Gasteiger partial charge in [-0.1, -0.05) is 30.3 Å². The maximum Gasteiger partial charge on any atom is 0.328 e. The molecule has 1 amide bonds. The minimum Gasteiger partial charge on any atom is -0.326 e. The molecule has 3 aromatic heterocycles. The van der Waals surface area contributed by atoms with E-state index < -0.39 is 11.2 Å².